The number of rotatable bonds is 2. The Balaban J connectivity index is 2.25. The topological polar surface area (TPSA) is 42.1 Å². The average Bonchev–Trinajstić information content (AvgIpc) is 2.54. The maximum Gasteiger partial charge on any atom is 0.0822 e. The van der Waals surface area contributed by atoms with E-state index in [1.54, 1.807) is 12.4 Å². The van der Waals surface area contributed by atoms with E-state index in [2.05, 4.69) is 9.88 Å². The first-order valence-corrected chi connectivity index (χ1v) is 6.27. The first-order chi connectivity index (χ1) is 7.83. The van der Waals surface area contributed by atoms with Crippen LogP contribution in [0.25, 0.3) is 0 Å². The van der Waals surface area contributed by atoms with Crippen LogP contribution in [0.1, 0.15) is 25.7 Å². The molecule has 4 heteroatoms. The summed E-state index contributed by atoms with van der Waals surface area (Å²) in [6.07, 6.45) is 8.43. The van der Waals surface area contributed by atoms with Crippen molar-refractivity contribution >= 4 is 17.3 Å². The fourth-order valence-electron chi connectivity index (χ4n) is 2.34. The van der Waals surface area contributed by atoms with Gasteiger partial charge in [0.2, 0.25) is 0 Å². The summed E-state index contributed by atoms with van der Waals surface area (Å²) >= 11 is 6.19. The molecule has 16 heavy (non-hydrogen) atoms. The summed E-state index contributed by atoms with van der Waals surface area (Å²) in [5, 5.41) is 0.725. The van der Waals surface area contributed by atoms with Crippen molar-refractivity contribution in [3.63, 3.8) is 0 Å². The van der Waals surface area contributed by atoms with Gasteiger partial charge in [0.15, 0.2) is 0 Å². The second kappa shape index (κ2) is 5.51. The minimum absolute atomic E-state index is 0.419. The molecule has 1 atom stereocenters. The van der Waals surface area contributed by atoms with Gasteiger partial charge in [-0.2, -0.15) is 0 Å². The van der Waals surface area contributed by atoms with Gasteiger partial charge in [0.1, 0.15) is 0 Å². The van der Waals surface area contributed by atoms with Gasteiger partial charge in [-0.1, -0.05) is 24.4 Å². The molecule has 1 aromatic rings. The third-order valence-electron chi connectivity index (χ3n) is 3.21. The number of nitrogens with two attached hydrogens (primary N) is 1. The van der Waals surface area contributed by atoms with Crippen molar-refractivity contribution in [2.45, 2.75) is 31.7 Å². The molecule has 2 N–H and O–H groups in total. The molecule has 1 aliphatic heterocycles. The zero-order valence-corrected chi connectivity index (χ0v) is 10.2. The molecule has 0 spiro atoms. The Morgan fingerprint density at radius 3 is 3.06 bits per heavy atom. The van der Waals surface area contributed by atoms with Crippen LogP contribution in [-0.2, 0) is 0 Å². The molecule has 2 rings (SSSR count). The standard InChI is InChI=1S/C12H18ClN3/c13-11-9-15-6-5-12(11)16-7-3-1-2-4-10(16)8-14/h5-6,9-10H,1-4,7-8,14H2. The maximum atomic E-state index is 6.19. The van der Waals surface area contributed by atoms with Gasteiger partial charge in [0, 0.05) is 31.5 Å². The largest absolute Gasteiger partial charge is 0.366 e. The number of halogens is 1. The van der Waals surface area contributed by atoms with Gasteiger partial charge in [-0.25, -0.2) is 0 Å². The van der Waals surface area contributed by atoms with E-state index in [1.807, 2.05) is 6.07 Å². The Kier molecular flexibility index (Phi) is 4.02. The average molecular weight is 240 g/mol. The van der Waals surface area contributed by atoms with Gasteiger partial charge >= 0.3 is 0 Å². The number of aromatic nitrogens is 1. The van der Waals surface area contributed by atoms with E-state index in [4.69, 9.17) is 17.3 Å². The van der Waals surface area contributed by atoms with Crippen LogP contribution < -0.4 is 10.6 Å². The molecule has 0 aromatic carbocycles. The van der Waals surface area contributed by atoms with E-state index in [9.17, 15) is 0 Å². The van der Waals surface area contributed by atoms with E-state index < -0.39 is 0 Å². The number of hydrogen-bond donors (Lipinski definition) is 1. The van der Waals surface area contributed by atoms with Crippen molar-refractivity contribution in [2.75, 3.05) is 18.0 Å². The Morgan fingerprint density at radius 1 is 1.44 bits per heavy atom. The predicted molar refractivity (Wildman–Crippen MR) is 67.9 cm³/mol. The van der Waals surface area contributed by atoms with Crippen molar-refractivity contribution in [2.24, 2.45) is 5.73 Å². The van der Waals surface area contributed by atoms with E-state index in [0.717, 1.165) is 23.7 Å². The Hall–Kier alpha value is -0.800. The van der Waals surface area contributed by atoms with Crippen molar-refractivity contribution in [3.05, 3.63) is 23.5 Å². The molecule has 1 unspecified atom stereocenters. The summed E-state index contributed by atoms with van der Waals surface area (Å²) in [6, 6.07) is 2.40. The monoisotopic (exact) mass is 239 g/mol. The second-order valence-electron chi connectivity index (χ2n) is 4.26. The minimum Gasteiger partial charge on any atom is -0.366 e. The lowest BCUT2D eigenvalue weighted by Gasteiger charge is -2.31. The van der Waals surface area contributed by atoms with Crippen LogP contribution in [0.2, 0.25) is 5.02 Å². The third kappa shape index (κ3) is 2.47. The first-order valence-electron chi connectivity index (χ1n) is 5.89. The SMILES string of the molecule is NCC1CCCCCN1c1ccncc1Cl. The van der Waals surface area contributed by atoms with E-state index in [0.29, 0.717) is 12.6 Å². The molecule has 0 amide bonds. The summed E-state index contributed by atoms with van der Waals surface area (Å²) in [5.41, 5.74) is 6.93. The maximum absolute atomic E-state index is 6.19. The summed E-state index contributed by atoms with van der Waals surface area (Å²) in [5.74, 6) is 0. The van der Waals surface area contributed by atoms with E-state index in [-0.39, 0.29) is 0 Å². The highest BCUT2D eigenvalue weighted by molar-refractivity contribution is 6.33. The molecule has 0 bridgehead atoms. The van der Waals surface area contributed by atoms with Gasteiger partial charge in [-0.3, -0.25) is 4.98 Å². The van der Waals surface area contributed by atoms with Crippen LogP contribution in [-0.4, -0.2) is 24.1 Å². The molecule has 0 aliphatic carbocycles. The molecule has 1 aliphatic rings. The fraction of sp³-hybridized carbons (Fsp3) is 0.583. The minimum atomic E-state index is 0.419. The zero-order chi connectivity index (χ0) is 11.4. The smallest absolute Gasteiger partial charge is 0.0822 e. The van der Waals surface area contributed by atoms with Crippen LogP contribution in [0.5, 0.6) is 0 Å². The summed E-state index contributed by atoms with van der Waals surface area (Å²) < 4.78 is 0. The van der Waals surface area contributed by atoms with E-state index in [1.165, 1.54) is 19.3 Å². The molecule has 1 fully saturated rings. The molecule has 0 saturated carbocycles. The highest BCUT2D eigenvalue weighted by Gasteiger charge is 2.21. The lowest BCUT2D eigenvalue weighted by atomic mass is 10.1. The molecular formula is C12H18ClN3. The predicted octanol–water partition coefficient (Wildman–Crippen LogP) is 2.44. The second-order valence-corrected chi connectivity index (χ2v) is 4.67. The lowest BCUT2D eigenvalue weighted by Crippen LogP contribution is -2.40. The van der Waals surface area contributed by atoms with Crippen molar-refractivity contribution in [3.8, 4) is 0 Å². The summed E-state index contributed by atoms with van der Waals surface area (Å²) in [6.45, 7) is 1.74. The Bertz CT molecular complexity index is 343. The molecular weight excluding hydrogens is 222 g/mol. The van der Waals surface area contributed by atoms with Crippen LogP contribution in [0.4, 0.5) is 5.69 Å². The highest BCUT2D eigenvalue weighted by Crippen LogP contribution is 2.29. The van der Waals surface area contributed by atoms with Crippen molar-refractivity contribution in [1.29, 1.82) is 0 Å². The molecule has 88 valence electrons. The number of nitrogens with zero attached hydrogens (tertiary/aromatic N) is 2. The van der Waals surface area contributed by atoms with Gasteiger partial charge in [-0.05, 0) is 18.9 Å². The van der Waals surface area contributed by atoms with Crippen LogP contribution in [0.3, 0.4) is 0 Å². The number of pyridine rings is 1. The highest BCUT2D eigenvalue weighted by atomic mass is 35.5. The first kappa shape index (κ1) is 11.7. The Labute approximate surface area is 102 Å². The van der Waals surface area contributed by atoms with Gasteiger partial charge in [0.25, 0.3) is 0 Å². The molecule has 2 heterocycles. The van der Waals surface area contributed by atoms with Gasteiger partial charge < -0.3 is 10.6 Å². The van der Waals surface area contributed by atoms with Crippen LogP contribution in [0.15, 0.2) is 18.5 Å². The Morgan fingerprint density at radius 2 is 2.31 bits per heavy atom. The molecule has 1 aromatic heterocycles. The van der Waals surface area contributed by atoms with Gasteiger partial charge in [0.05, 0.1) is 10.7 Å². The quantitative estimate of drug-likeness (QED) is 0.862. The number of anilines is 1. The van der Waals surface area contributed by atoms with E-state index >= 15 is 0 Å². The fourth-order valence-corrected chi connectivity index (χ4v) is 2.57. The lowest BCUT2D eigenvalue weighted by molar-refractivity contribution is 0.580. The van der Waals surface area contributed by atoms with Crippen LogP contribution in [0, 0.1) is 0 Å². The summed E-state index contributed by atoms with van der Waals surface area (Å²) in [7, 11) is 0. The molecule has 0 radical (unpaired) electrons. The molecule has 1 saturated heterocycles. The number of hydrogen-bond acceptors (Lipinski definition) is 3. The zero-order valence-electron chi connectivity index (χ0n) is 9.40. The molecule has 3 nitrogen and oxygen atoms in total. The normalized spacial score (nSPS) is 21.9. The van der Waals surface area contributed by atoms with Crippen molar-refractivity contribution < 1.29 is 0 Å². The van der Waals surface area contributed by atoms with Crippen molar-refractivity contribution in [1.82, 2.24) is 4.98 Å². The van der Waals surface area contributed by atoms with Gasteiger partial charge in [-0.15, -0.1) is 0 Å². The third-order valence-corrected chi connectivity index (χ3v) is 3.50. The summed E-state index contributed by atoms with van der Waals surface area (Å²) in [4.78, 5) is 6.37. The van der Waals surface area contributed by atoms with Crippen LogP contribution >= 0.6 is 11.6 Å².